The highest BCUT2D eigenvalue weighted by atomic mass is 32.2. The van der Waals surface area contributed by atoms with Gasteiger partial charge >= 0.3 is 0 Å². The van der Waals surface area contributed by atoms with Gasteiger partial charge < -0.3 is 10.3 Å². The summed E-state index contributed by atoms with van der Waals surface area (Å²) in [4.78, 5) is 0. The molecule has 0 amide bonds. The minimum Gasteiger partial charge on any atom is -0.750 e. The SMILES string of the molecule is CC(CCN)OS(=O)[O-]. The second-order valence-corrected chi connectivity index (χ2v) is 2.29. The molecule has 5 heteroatoms. The standard InChI is InChI=1S/C4H11NO3S/c1-4(2-3-5)8-9(6)7/h4H,2-3,5H2,1H3,(H,6,7)/p-1. The molecule has 0 radical (unpaired) electrons. The van der Waals surface area contributed by atoms with E-state index in [1.165, 1.54) is 0 Å². The predicted molar refractivity (Wildman–Crippen MR) is 33.1 cm³/mol. The number of rotatable bonds is 4. The van der Waals surface area contributed by atoms with Crippen LogP contribution in [0.4, 0.5) is 0 Å². The van der Waals surface area contributed by atoms with Crippen molar-refractivity contribution in [2.45, 2.75) is 19.4 Å². The highest BCUT2D eigenvalue weighted by Gasteiger charge is 1.98. The van der Waals surface area contributed by atoms with Gasteiger partial charge in [-0.2, -0.15) is 0 Å². The molecule has 0 aromatic rings. The molecule has 4 nitrogen and oxygen atoms in total. The Hall–Kier alpha value is 0.0300. The number of nitrogens with two attached hydrogens (primary N) is 1. The average molecular weight is 152 g/mol. The monoisotopic (exact) mass is 152 g/mol. The van der Waals surface area contributed by atoms with Crippen molar-refractivity contribution < 1.29 is 12.9 Å². The van der Waals surface area contributed by atoms with E-state index in [0.717, 1.165) is 0 Å². The van der Waals surface area contributed by atoms with Crippen molar-refractivity contribution in [2.24, 2.45) is 5.73 Å². The quantitative estimate of drug-likeness (QED) is 0.553. The zero-order valence-corrected chi connectivity index (χ0v) is 6.02. The zero-order chi connectivity index (χ0) is 7.28. The Bertz CT molecular complexity index is 97.8. The maximum Gasteiger partial charge on any atom is 0.0844 e. The smallest absolute Gasteiger partial charge is 0.0844 e. The van der Waals surface area contributed by atoms with Crippen LogP contribution in [-0.4, -0.2) is 21.4 Å². The predicted octanol–water partition coefficient (Wildman–Crippen LogP) is -0.466. The first-order chi connectivity index (χ1) is 4.16. The lowest BCUT2D eigenvalue weighted by atomic mass is 10.3. The molecule has 0 aliphatic rings. The molecular formula is C4H10NO3S-. The fraction of sp³-hybridized carbons (Fsp3) is 1.00. The van der Waals surface area contributed by atoms with Gasteiger partial charge in [0.15, 0.2) is 0 Å². The van der Waals surface area contributed by atoms with Gasteiger partial charge in [0.25, 0.3) is 0 Å². The average Bonchev–Trinajstić information content (AvgIpc) is 1.63. The van der Waals surface area contributed by atoms with E-state index in [4.69, 9.17) is 5.73 Å². The van der Waals surface area contributed by atoms with Crippen LogP contribution in [0.3, 0.4) is 0 Å². The van der Waals surface area contributed by atoms with Crippen molar-refractivity contribution in [3.63, 3.8) is 0 Å². The molecule has 0 saturated heterocycles. The first-order valence-electron chi connectivity index (χ1n) is 2.63. The van der Waals surface area contributed by atoms with Gasteiger partial charge in [0, 0.05) is 0 Å². The highest BCUT2D eigenvalue weighted by Crippen LogP contribution is 1.95. The third-order valence-corrected chi connectivity index (χ3v) is 1.30. The fourth-order valence-electron chi connectivity index (χ4n) is 0.417. The van der Waals surface area contributed by atoms with Gasteiger partial charge in [-0.1, -0.05) is 0 Å². The van der Waals surface area contributed by atoms with E-state index in [1.54, 1.807) is 6.92 Å². The summed E-state index contributed by atoms with van der Waals surface area (Å²) in [5, 5.41) is 0. The molecule has 0 heterocycles. The van der Waals surface area contributed by atoms with Crippen LogP contribution in [0.25, 0.3) is 0 Å². The van der Waals surface area contributed by atoms with Gasteiger partial charge in [-0.15, -0.1) is 0 Å². The van der Waals surface area contributed by atoms with Crippen LogP contribution in [0.5, 0.6) is 0 Å². The van der Waals surface area contributed by atoms with Gasteiger partial charge in [0.2, 0.25) is 0 Å². The second kappa shape index (κ2) is 4.87. The summed E-state index contributed by atoms with van der Waals surface area (Å²) in [6.45, 7) is 2.10. The lowest BCUT2D eigenvalue weighted by Gasteiger charge is -2.11. The summed E-state index contributed by atoms with van der Waals surface area (Å²) in [6, 6.07) is 0. The number of hydrogen-bond donors (Lipinski definition) is 1. The third kappa shape index (κ3) is 5.91. The van der Waals surface area contributed by atoms with Gasteiger partial charge in [-0.3, -0.25) is 4.18 Å². The molecule has 0 aromatic heterocycles. The molecule has 0 fully saturated rings. The van der Waals surface area contributed by atoms with Crippen molar-refractivity contribution in [2.75, 3.05) is 6.54 Å². The molecular weight excluding hydrogens is 142 g/mol. The van der Waals surface area contributed by atoms with E-state index in [9.17, 15) is 8.76 Å². The fourth-order valence-corrected chi connectivity index (χ4v) is 0.781. The maximum atomic E-state index is 9.82. The maximum absolute atomic E-state index is 9.82. The lowest BCUT2D eigenvalue weighted by Crippen LogP contribution is -2.14. The molecule has 0 aromatic carbocycles. The van der Waals surface area contributed by atoms with E-state index in [2.05, 4.69) is 4.18 Å². The summed E-state index contributed by atoms with van der Waals surface area (Å²) in [6.07, 6.45) is 0.266. The lowest BCUT2D eigenvalue weighted by molar-refractivity contribution is 0.212. The number of hydrogen-bond acceptors (Lipinski definition) is 4. The molecule has 2 N–H and O–H groups in total. The molecule has 0 bridgehead atoms. The Kier molecular flexibility index (Phi) is 4.88. The van der Waals surface area contributed by atoms with E-state index < -0.39 is 11.4 Å². The normalized spacial score (nSPS) is 17.2. The van der Waals surface area contributed by atoms with Gasteiger partial charge in [-0.25, -0.2) is 4.21 Å². The first kappa shape index (κ1) is 9.03. The summed E-state index contributed by atoms with van der Waals surface area (Å²) < 4.78 is 24.0. The van der Waals surface area contributed by atoms with Crippen LogP contribution in [0, 0.1) is 0 Å². The Morgan fingerprint density at radius 3 is 2.78 bits per heavy atom. The van der Waals surface area contributed by atoms with Gasteiger partial charge in [0.1, 0.15) is 0 Å². The molecule has 0 spiro atoms. The van der Waals surface area contributed by atoms with Gasteiger partial charge in [0.05, 0.1) is 17.5 Å². The minimum atomic E-state index is -2.40. The second-order valence-electron chi connectivity index (χ2n) is 1.69. The van der Waals surface area contributed by atoms with Crippen molar-refractivity contribution in [3.05, 3.63) is 0 Å². The zero-order valence-electron chi connectivity index (χ0n) is 5.20. The van der Waals surface area contributed by atoms with Crippen LogP contribution >= 0.6 is 0 Å². The van der Waals surface area contributed by atoms with Crippen LogP contribution in [-0.2, 0) is 15.5 Å². The molecule has 2 unspecified atom stereocenters. The molecule has 2 atom stereocenters. The van der Waals surface area contributed by atoms with Crippen LogP contribution in [0.15, 0.2) is 0 Å². The van der Waals surface area contributed by atoms with Crippen molar-refractivity contribution in [3.8, 4) is 0 Å². The summed E-state index contributed by atoms with van der Waals surface area (Å²) in [7, 11) is 0. The Labute approximate surface area is 56.9 Å². The van der Waals surface area contributed by atoms with Crippen LogP contribution in [0.1, 0.15) is 13.3 Å². The van der Waals surface area contributed by atoms with E-state index in [-0.39, 0.29) is 6.10 Å². The van der Waals surface area contributed by atoms with E-state index >= 15 is 0 Å². The van der Waals surface area contributed by atoms with E-state index in [0.29, 0.717) is 13.0 Å². The molecule has 0 saturated carbocycles. The topological polar surface area (TPSA) is 75.4 Å². The summed E-state index contributed by atoms with van der Waals surface area (Å²) in [5.74, 6) is 0. The Morgan fingerprint density at radius 1 is 1.89 bits per heavy atom. The van der Waals surface area contributed by atoms with Crippen molar-refractivity contribution >= 4 is 11.4 Å². The van der Waals surface area contributed by atoms with Crippen molar-refractivity contribution in [1.82, 2.24) is 0 Å². The van der Waals surface area contributed by atoms with E-state index in [1.807, 2.05) is 0 Å². The molecule has 9 heavy (non-hydrogen) atoms. The minimum absolute atomic E-state index is 0.298. The first-order valence-corrected chi connectivity index (χ1v) is 3.63. The molecule has 0 rings (SSSR count). The molecule has 0 aliphatic heterocycles. The summed E-state index contributed by atoms with van der Waals surface area (Å²) in [5.41, 5.74) is 5.12. The van der Waals surface area contributed by atoms with Crippen LogP contribution in [0.2, 0.25) is 0 Å². The van der Waals surface area contributed by atoms with Crippen molar-refractivity contribution in [1.29, 1.82) is 0 Å². The summed E-state index contributed by atoms with van der Waals surface area (Å²) >= 11 is -2.40. The highest BCUT2D eigenvalue weighted by molar-refractivity contribution is 7.74. The van der Waals surface area contributed by atoms with Crippen LogP contribution < -0.4 is 5.73 Å². The molecule has 0 aliphatic carbocycles. The largest absolute Gasteiger partial charge is 0.750 e. The Balaban J connectivity index is 3.26. The van der Waals surface area contributed by atoms with Gasteiger partial charge in [-0.05, 0) is 19.9 Å². The third-order valence-electron chi connectivity index (χ3n) is 0.816. The molecule has 56 valence electrons. The Morgan fingerprint density at radius 2 is 2.44 bits per heavy atom.